The van der Waals surface area contributed by atoms with E-state index in [0.717, 1.165) is 10.0 Å². The lowest BCUT2D eigenvalue weighted by molar-refractivity contribution is -0.137. The van der Waals surface area contributed by atoms with Gasteiger partial charge in [-0.3, -0.25) is 9.59 Å². The van der Waals surface area contributed by atoms with E-state index in [9.17, 15) is 9.59 Å². The highest BCUT2D eigenvalue weighted by atomic mass is 79.9. The van der Waals surface area contributed by atoms with Gasteiger partial charge in [0.1, 0.15) is 0 Å². The normalized spacial score (nSPS) is 11.2. The van der Waals surface area contributed by atoms with Gasteiger partial charge in [0.15, 0.2) is 0 Å². The highest BCUT2D eigenvalue weighted by Crippen LogP contribution is 2.25. The van der Waals surface area contributed by atoms with Crippen LogP contribution < -0.4 is 5.32 Å². The third-order valence-electron chi connectivity index (χ3n) is 3.22. The zero-order chi connectivity index (χ0) is 15.2. The number of nitrogens with one attached hydrogen (secondary N) is 1. The fourth-order valence-corrected chi connectivity index (χ4v) is 2.23. The number of carboxylic acid groups (broad SMARTS) is 1. The van der Waals surface area contributed by atoms with Crippen LogP contribution in [0.1, 0.15) is 38.7 Å². The maximum Gasteiger partial charge on any atom is 0.303 e. The number of aliphatic carboxylic acids is 1. The number of hydrogen-bond acceptors (Lipinski definition) is 2. The van der Waals surface area contributed by atoms with Gasteiger partial charge in [-0.25, -0.2) is 0 Å². The summed E-state index contributed by atoms with van der Waals surface area (Å²) in [5.41, 5.74) is 0.325. The fraction of sp³-hybridized carbons (Fsp3) is 0.467. The molecular weight excluding hydrogens is 322 g/mol. The molecular formula is C15H20BrNO3. The van der Waals surface area contributed by atoms with Crippen LogP contribution in [0.4, 0.5) is 0 Å². The molecule has 2 N–H and O–H groups in total. The van der Waals surface area contributed by atoms with Crippen molar-refractivity contribution in [3.8, 4) is 0 Å². The summed E-state index contributed by atoms with van der Waals surface area (Å²) in [7, 11) is 0. The van der Waals surface area contributed by atoms with E-state index in [4.69, 9.17) is 5.11 Å². The molecule has 0 saturated heterocycles. The minimum atomic E-state index is -0.800. The quantitative estimate of drug-likeness (QED) is 0.749. The summed E-state index contributed by atoms with van der Waals surface area (Å²) in [4.78, 5) is 22.6. The van der Waals surface area contributed by atoms with E-state index in [2.05, 4.69) is 21.2 Å². The van der Waals surface area contributed by atoms with Crippen molar-refractivity contribution < 1.29 is 14.7 Å². The molecule has 4 nitrogen and oxygen atoms in total. The molecule has 1 aromatic rings. The number of hydrogen-bond donors (Lipinski definition) is 2. The zero-order valence-corrected chi connectivity index (χ0v) is 13.4. The molecule has 0 aliphatic heterocycles. The molecule has 5 heteroatoms. The molecule has 1 aromatic carbocycles. The first-order chi connectivity index (χ1) is 9.34. The number of benzene rings is 1. The second-order valence-electron chi connectivity index (χ2n) is 5.24. The zero-order valence-electron chi connectivity index (χ0n) is 11.8. The standard InChI is InChI=1S/C15H20BrNO3/c1-15(2,11-6-5-7-12(16)10-11)14(20)17-9-4-3-8-13(18)19/h5-7,10H,3-4,8-9H2,1-2H3,(H,17,20)(H,18,19). The molecule has 0 atom stereocenters. The molecule has 0 spiro atoms. The van der Waals surface area contributed by atoms with Gasteiger partial charge in [0.25, 0.3) is 0 Å². The van der Waals surface area contributed by atoms with Gasteiger partial charge in [-0.1, -0.05) is 28.1 Å². The predicted octanol–water partition coefficient (Wildman–Crippen LogP) is 3.10. The van der Waals surface area contributed by atoms with Crippen molar-refractivity contribution in [3.05, 3.63) is 34.3 Å². The molecule has 1 amide bonds. The van der Waals surface area contributed by atoms with Gasteiger partial charge >= 0.3 is 5.97 Å². The number of rotatable bonds is 7. The van der Waals surface area contributed by atoms with Gasteiger partial charge < -0.3 is 10.4 Å². The van der Waals surface area contributed by atoms with Crippen LogP contribution in [-0.2, 0) is 15.0 Å². The molecule has 0 saturated carbocycles. The van der Waals surface area contributed by atoms with Crippen LogP contribution >= 0.6 is 15.9 Å². The molecule has 0 bridgehead atoms. The van der Waals surface area contributed by atoms with Gasteiger partial charge in [0, 0.05) is 17.4 Å². The summed E-state index contributed by atoms with van der Waals surface area (Å²) >= 11 is 3.40. The highest BCUT2D eigenvalue weighted by molar-refractivity contribution is 9.10. The Balaban J connectivity index is 2.51. The van der Waals surface area contributed by atoms with Crippen LogP contribution in [0.2, 0.25) is 0 Å². The first kappa shape index (κ1) is 16.7. The van der Waals surface area contributed by atoms with E-state index in [1.165, 1.54) is 0 Å². The van der Waals surface area contributed by atoms with E-state index >= 15 is 0 Å². The lowest BCUT2D eigenvalue weighted by Gasteiger charge is -2.24. The van der Waals surface area contributed by atoms with Crippen LogP contribution in [0.25, 0.3) is 0 Å². The third kappa shape index (κ3) is 4.96. The number of carbonyl (C=O) groups excluding carboxylic acids is 1. The predicted molar refractivity (Wildman–Crippen MR) is 81.7 cm³/mol. The van der Waals surface area contributed by atoms with E-state index in [-0.39, 0.29) is 12.3 Å². The maximum absolute atomic E-state index is 12.2. The molecule has 0 aliphatic rings. The summed E-state index contributed by atoms with van der Waals surface area (Å²) in [6, 6.07) is 7.68. The average molecular weight is 342 g/mol. The summed E-state index contributed by atoms with van der Waals surface area (Å²) in [5, 5.41) is 11.4. The number of carboxylic acids is 1. The molecule has 0 heterocycles. The van der Waals surface area contributed by atoms with Gasteiger partial charge in [-0.2, -0.15) is 0 Å². The van der Waals surface area contributed by atoms with Gasteiger partial charge in [0.05, 0.1) is 5.41 Å². The second kappa shape index (κ2) is 7.43. The van der Waals surface area contributed by atoms with Gasteiger partial charge in [-0.15, -0.1) is 0 Å². The minimum Gasteiger partial charge on any atom is -0.481 e. The van der Waals surface area contributed by atoms with Crippen molar-refractivity contribution in [3.63, 3.8) is 0 Å². The minimum absolute atomic E-state index is 0.0501. The Labute approximate surface area is 127 Å². The van der Waals surface area contributed by atoms with Crippen LogP contribution in [0.5, 0.6) is 0 Å². The average Bonchev–Trinajstić information content (AvgIpc) is 2.37. The van der Waals surface area contributed by atoms with Crippen molar-refractivity contribution >= 4 is 27.8 Å². The lowest BCUT2D eigenvalue weighted by Crippen LogP contribution is -2.40. The fourth-order valence-electron chi connectivity index (χ4n) is 1.83. The summed E-state index contributed by atoms with van der Waals surface area (Å²) in [5.74, 6) is -0.850. The van der Waals surface area contributed by atoms with Crippen LogP contribution in [-0.4, -0.2) is 23.5 Å². The Bertz CT molecular complexity index is 486. The number of unbranched alkanes of at least 4 members (excludes halogenated alkanes) is 1. The van der Waals surface area contributed by atoms with E-state index < -0.39 is 11.4 Å². The van der Waals surface area contributed by atoms with Gasteiger partial charge in [-0.05, 0) is 44.4 Å². The smallest absolute Gasteiger partial charge is 0.303 e. The van der Waals surface area contributed by atoms with Crippen LogP contribution in [0.15, 0.2) is 28.7 Å². The SMILES string of the molecule is CC(C)(C(=O)NCCCCC(=O)O)c1cccc(Br)c1. The van der Waals surface area contributed by atoms with Crippen molar-refractivity contribution in [1.82, 2.24) is 5.32 Å². The monoisotopic (exact) mass is 341 g/mol. The molecule has 20 heavy (non-hydrogen) atoms. The highest BCUT2D eigenvalue weighted by Gasteiger charge is 2.29. The summed E-state index contributed by atoms with van der Waals surface area (Å²) < 4.78 is 0.942. The molecule has 0 unspecified atom stereocenters. The molecule has 110 valence electrons. The largest absolute Gasteiger partial charge is 0.481 e. The maximum atomic E-state index is 12.2. The first-order valence-electron chi connectivity index (χ1n) is 6.60. The second-order valence-corrected chi connectivity index (χ2v) is 6.16. The van der Waals surface area contributed by atoms with E-state index in [1.807, 2.05) is 38.1 Å². The van der Waals surface area contributed by atoms with Crippen LogP contribution in [0.3, 0.4) is 0 Å². The van der Waals surface area contributed by atoms with Crippen molar-refractivity contribution in [2.75, 3.05) is 6.54 Å². The van der Waals surface area contributed by atoms with E-state index in [1.54, 1.807) is 0 Å². The Morgan fingerprint density at radius 3 is 2.60 bits per heavy atom. The Morgan fingerprint density at radius 2 is 2.00 bits per heavy atom. The molecule has 0 aliphatic carbocycles. The molecule has 0 fully saturated rings. The third-order valence-corrected chi connectivity index (χ3v) is 3.71. The van der Waals surface area contributed by atoms with Crippen LogP contribution in [0, 0.1) is 0 Å². The Morgan fingerprint density at radius 1 is 1.30 bits per heavy atom. The van der Waals surface area contributed by atoms with Crippen molar-refractivity contribution in [1.29, 1.82) is 0 Å². The van der Waals surface area contributed by atoms with Crippen molar-refractivity contribution in [2.45, 2.75) is 38.5 Å². The number of carbonyl (C=O) groups is 2. The topological polar surface area (TPSA) is 66.4 Å². The lowest BCUT2D eigenvalue weighted by atomic mass is 9.84. The summed E-state index contributed by atoms with van der Waals surface area (Å²) in [6.07, 6.45) is 1.39. The number of amides is 1. The Hall–Kier alpha value is -1.36. The molecule has 0 radical (unpaired) electrons. The van der Waals surface area contributed by atoms with Gasteiger partial charge in [0.2, 0.25) is 5.91 Å². The van der Waals surface area contributed by atoms with E-state index in [0.29, 0.717) is 19.4 Å². The molecule has 1 rings (SSSR count). The first-order valence-corrected chi connectivity index (χ1v) is 7.39. The van der Waals surface area contributed by atoms with Crippen molar-refractivity contribution in [2.24, 2.45) is 0 Å². The number of halogens is 1. The molecule has 0 aromatic heterocycles. The summed E-state index contributed by atoms with van der Waals surface area (Å²) in [6.45, 7) is 4.26. The Kier molecular flexibility index (Phi) is 6.20.